The third-order valence-electron chi connectivity index (χ3n) is 2.06. The number of halogens is 2. The van der Waals surface area contributed by atoms with Gasteiger partial charge in [0.25, 0.3) is 6.43 Å². The topological polar surface area (TPSA) is 24.9 Å². The van der Waals surface area contributed by atoms with Crippen LogP contribution in [0.4, 0.5) is 8.78 Å². The summed E-state index contributed by atoms with van der Waals surface area (Å²) in [5, 5.41) is 5.61. The van der Waals surface area contributed by atoms with Crippen molar-refractivity contribution in [3.63, 3.8) is 0 Å². The van der Waals surface area contributed by atoms with E-state index < -0.39 is 12.5 Å². The Balaban J connectivity index is 2.50. The molecule has 0 fully saturated rings. The molecular formula is C10H16F2N2S. The van der Waals surface area contributed by atoms with Crippen LogP contribution in [-0.4, -0.2) is 24.0 Å². The van der Waals surface area contributed by atoms with E-state index in [9.17, 15) is 8.78 Å². The first-order chi connectivity index (χ1) is 7.13. The average molecular weight is 234 g/mol. The molecule has 86 valence electrons. The maximum atomic E-state index is 12.6. The van der Waals surface area contributed by atoms with Gasteiger partial charge in [0.1, 0.15) is 0 Å². The number of thiazole rings is 1. The smallest absolute Gasteiger partial charge is 0.254 e. The Kier molecular flexibility index (Phi) is 5.11. The molecule has 0 aliphatic carbocycles. The monoisotopic (exact) mass is 234 g/mol. The molecule has 1 aromatic heterocycles. The van der Waals surface area contributed by atoms with Crippen molar-refractivity contribution in [3.8, 4) is 0 Å². The van der Waals surface area contributed by atoms with Crippen LogP contribution in [0.15, 0.2) is 5.38 Å². The highest BCUT2D eigenvalue weighted by atomic mass is 32.1. The van der Waals surface area contributed by atoms with Gasteiger partial charge >= 0.3 is 0 Å². The van der Waals surface area contributed by atoms with Crippen molar-refractivity contribution in [3.05, 3.63) is 16.1 Å². The summed E-state index contributed by atoms with van der Waals surface area (Å²) in [5.41, 5.74) is 0.756. The predicted molar refractivity (Wildman–Crippen MR) is 58.6 cm³/mol. The van der Waals surface area contributed by atoms with E-state index in [1.54, 1.807) is 0 Å². The highest BCUT2D eigenvalue weighted by Crippen LogP contribution is 2.13. The zero-order valence-corrected chi connectivity index (χ0v) is 9.78. The molecule has 0 radical (unpaired) electrons. The summed E-state index contributed by atoms with van der Waals surface area (Å²) in [5.74, 6) is 0. The molecule has 0 saturated carbocycles. The van der Waals surface area contributed by atoms with Gasteiger partial charge in [-0.25, -0.2) is 13.8 Å². The Bertz CT molecular complexity index is 289. The van der Waals surface area contributed by atoms with Crippen LogP contribution in [-0.2, 0) is 6.42 Å². The standard InChI is InChI=1S/C10H16F2N2S/c1-3-4-13-9(10(11)12)5-8-6-15-7(2)14-8/h6,9-10,13H,3-5H2,1-2H3. The molecule has 2 nitrogen and oxygen atoms in total. The molecule has 0 aliphatic rings. The van der Waals surface area contributed by atoms with Gasteiger partial charge in [-0.1, -0.05) is 6.92 Å². The van der Waals surface area contributed by atoms with Crippen LogP contribution in [0.5, 0.6) is 0 Å². The predicted octanol–water partition coefficient (Wildman–Crippen LogP) is 2.63. The third-order valence-corrected chi connectivity index (χ3v) is 2.88. The molecule has 0 bridgehead atoms. The van der Waals surface area contributed by atoms with E-state index in [4.69, 9.17) is 0 Å². The van der Waals surface area contributed by atoms with Crippen molar-refractivity contribution in [1.82, 2.24) is 10.3 Å². The molecule has 15 heavy (non-hydrogen) atoms. The maximum Gasteiger partial charge on any atom is 0.254 e. The van der Waals surface area contributed by atoms with Gasteiger partial charge in [-0.15, -0.1) is 11.3 Å². The average Bonchev–Trinajstić information content (AvgIpc) is 2.58. The van der Waals surface area contributed by atoms with Crippen LogP contribution < -0.4 is 5.32 Å². The van der Waals surface area contributed by atoms with Gasteiger partial charge in [0.2, 0.25) is 0 Å². The van der Waals surface area contributed by atoms with E-state index >= 15 is 0 Å². The molecule has 1 aromatic rings. The lowest BCUT2D eigenvalue weighted by Crippen LogP contribution is -2.38. The number of hydrogen-bond acceptors (Lipinski definition) is 3. The Labute approximate surface area is 92.7 Å². The summed E-state index contributed by atoms with van der Waals surface area (Å²) < 4.78 is 25.3. The van der Waals surface area contributed by atoms with E-state index in [2.05, 4.69) is 10.3 Å². The maximum absolute atomic E-state index is 12.6. The normalized spacial score (nSPS) is 13.4. The molecule has 1 N–H and O–H groups in total. The number of hydrogen-bond donors (Lipinski definition) is 1. The van der Waals surface area contributed by atoms with Crippen molar-refractivity contribution >= 4 is 11.3 Å². The van der Waals surface area contributed by atoms with E-state index in [-0.39, 0.29) is 0 Å². The quantitative estimate of drug-likeness (QED) is 0.818. The van der Waals surface area contributed by atoms with E-state index in [1.807, 2.05) is 19.2 Å². The molecule has 0 spiro atoms. The largest absolute Gasteiger partial charge is 0.309 e. The molecule has 0 saturated heterocycles. The van der Waals surface area contributed by atoms with Gasteiger partial charge in [0.15, 0.2) is 0 Å². The molecule has 1 rings (SSSR count). The lowest BCUT2D eigenvalue weighted by Gasteiger charge is -2.16. The van der Waals surface area contributed by atoms with Gasteiger partial charge in [-0.2, -0.15) is 0 Å². The first-order valence-electron chi connectivity index (χ1n) is 5.06. The number of aromatic nitrogens is 1. The van der Waals surface area contributed by atoms with E-state index in [0.29, 0.717) is 13.0 Å². The lowest BCUT2D eigenvalue weighted by atomic mass is 10.1. The Morgan fingerprint density at radius 1 is 1.53 bits per heavy atom. The van der Waals surface area contributed by atoms with Crippen molar-refractivity contribution in [1.29, 1.82) is 0 Å². The second kappa shape index (κ2) is 6.12. The lowest BCUT2D eigenvalue weighted by molar-refractivity contribution is 0.0979. The van der Waals surface area contributed by atoms with Gasteiger partial charge in [0, 0.05) is 11.8 Å². The fourth-order valence-electron chi connectivity index (χ4n) is 1.31. The molecule has 5 heteroatoms. The summed E-state index contributed by atoms with van der Waals surface area (Å²) >= 11 is 1.50. The van der Waals surface area contributed by atoms with Crippen molar-refractivity contribution < 1.29 is 8.78 Å². The first-order valence-corrected chi connectivity index (χ1v) is 5.94. The molecule has 1 heterocycles. The Hall–Kier alpha value is -0.550. The molecule has 0 aliphatic heterocycles. The second-order valence-electron chi connectivity index (χ2n) is 3.46. The fraction of sp³-hybridized carbons (Fsp3) is 0.700. The van der Waals surface area contributed by atoms with Crippen LogP contribution in [0, 0.1) is 6.92 Å². The Morgan fingerprint density at radius 3 is 2.73 bits per heavy atom. The van der Waals surface area contributed by atoms with Crippen LogP contribution in [0.25, 0.3) is 0 Å². The zero-order valence-electron chi connectivity index (χ0n) is 8.96. The van der Waals surface area contributed by atoms with Gasteiger partial charge in [0.05, 0.1) is 16.7 Å². The Morgan fingerprint density at radius 2 is 2.27 bits per heavy atom. The number of aryl methyl sites for hydroxylation is 1. The number of alkyl halides is 2. The van der Waals surface area contributed by atoms with Gasteiger partial charge in [-0.3, -0.25) is 0 Å². The van der Waals surface area contributed by atoms with Crippen LogP contribution in [0.2, 0.25) is 0 Å². The highest BCUT2D eigenvalue weighted by Gasteiger charge is 2.20. The number of nitrogens with zero attached hydrogens (tertiary/aromatic N) is 1. The minimum absolute atomic E-state index is 0.308. The van der Waals surface area contributed by atoms with Crippen LogP contribution in [0.3, 0.4) is 0 Å². The van der Waals surface area contributed by atoms with Crippen LogP contribution >= 0.6 is 11.3 Å². The van der Waals surface area contributed by atoms with Crippen molar-refractivity contribution in [2.24, 2.45) is 0 Å². The van der Waals surface area contributed by atoms with Crippen LogP contribution in [0.1, 0.15) is 24.0 Å². The van der Waals surface area contributed by atoms with Gasteiger partial charge < -0.3 is 5.32 Å². The SMILES string of the molecule is CCCNC(Cc1csc(C)n1)C(F)F. The van der Waals surface area contributed by atoms with E-state index in [0.717, 1.165) is 17.1 Å². The minimum Gasteiger partial charge on any atom is -0.309 e. The minimum atomic E-state index is -2.33. The summed E-state index contributed by atoms with van der Waals surface area (Å²) in [4.78, 5) is 4.19. The molecular weight excluding hydrogens is 218 g/mol. The number of rotatable bonds is 6. The van der Waals surface area contributed by atoms with Crippen molar-refractivity contribution in [2.75, 3.05) is 6.54 Å². The van der Waals surface area contributed by atoms with E-state index in [1.165, 1.54) is 11.3 Å². The first kappa shape index (κ1) is 12.5. The second-order valence-corrected chi connectivity index (χ2v) is 4.52. The zero-order chi connectivity index (χ0) is 11.3. The summed E-state index contributed by atoms with van der Waals surface area (Å²) in [7, 11) is 0. The molecule has 1 unspecified atom stereocenters. The molecule has 0 amide bonds. The molecule has 1 atom stereocenters. The summed E-state index contributed by atoms with van der Waals surface area (Å²) in [6, 6.07) is -0.772. The summed E-state index contributed by atoms with van der Waals surface area (Å²) in [6.07, 6.45) is -1.17. The van der Waals surface area contributed by atoms with Crippen molar-refractivity contribution in [2.45, 2.75) is 39.2 Å². The van der Waals surface area contributed by atoms with Gasteiger partial charge in [-0.05, 0) is 19.9 Å². The number of nitrogens with one attached hydrogen (secondary N) is 1. The summed E-state index contributed by atoms with van der Waals surface area (Å²) in [6.45, 7) is 4.46. The molecule has 0 aromatic carbocycles. The highest BCUT2D eigenvalue weighted by molar-refractivity contribution is 7.09. The third kappa shape index (κ3) is 4.22. The fourth-order valence-corrected chi connectivity index (χ4v) is 1.93.